The van der Waals surface area contributed by atoms with Gasteiger partial charge >= 0.3 is 5.97 Å². The van der Waals surface area contributed by atoms with Crippen LogP contribution in [-0.2, 0) is 28.8 Å². The third-order valence-electron chi connectivity index (χ3n) is 3.75. The predicted octanol–water partition coefficient (Wildman–Crippen LogP) is 2.34. The number of methoxy groups -OCH3 is 1. The highest BCUT2D eigenvalue weighted by Gasteiger charge is 2.22. The van der Waals surface area contributed by atoms with Crippen molar-refractivity contribution in [2.24, 2.45) is 5.92 Å². The molecule has 1 unspecified atom stereocenters. The standard InChI is InChI=1S/C15H18O3/c1-3-10-4-11-6-13(8-15(17)18-2)14(9-16)7-12(11)5-10/h6-7,9-10H,3-5,8H2,1-2H3. The predicted molar refractivity (Wildman–Crippen MR) is 68.7 cm³/mol. The molecular weight excluding hydrogens is 228 g/mol. The first kappa shape index (κ1) is 12.8. The van der Waals surface area contributed by atoms with E-state index >= 15 is 0 Å². The number of benzene rings is 1. The minimum absolute atomic E-state index is 0.175. The Bertz CT molecular complexity index is 477. The maximum atomic E-state index is 11.3. The third kappa shape index (κ3) is 2.45. The summed E-state index contributed by atoms with van der Waals surface area (Å²) in [6.45, 7) is 2.19. The maximum Gasteiger partial charge on any atom is 0.310 e. The zero-order valence-electron chi connectivity index (χ0n) is 10.9. The van der Waals surface area contributed by atoms with Crippen LogP contribution in [0.15, 0.2) is 12.1 Å². The summed E-state index contributed by atoms with van der Waals surface area (Å²) in [6.07, 6.45) is 4.26. The second kappa shape index (κ2) is 5.34. The fourth-order valence-electron chi connectivity index (χ4n) is 2.61. The van der Waals surface area contributed by atoms with E-state index in [0.29, 0.717) is 11.5 Å². The first-order chi connectivity index (χ1) is 8.67. The Labute approximate surface area is 107 Å². The summed E-state index contributed by atoms with van der Waals surface area (Å²) < 4.78 is 4.66. The average Bonchev–Trinajstić information content (AvgIpc) is 2.79. The quantitative estimate of drug-likeness (QED) is 0.605. The number of carbonyl (C=O) groups is 2. The minimum atomic E-state index is -0.303. The molecule has 0 N–H and O–H groups in total. The lowest BCUT2D eigenvalue weighted by molar-refractivity contribution is -0.139. The number of ether oxygens (including phenoxy) is 1. The maximum absolute atomic E-state index is 11.3. The highest BCUT2D eigenvalue weighted by Crippen LogP contribution is 2.31. The van der Waals surface area contributed by atoms with E-state index in [0.717, 1.165) is 31.1 Å². The van der Waals surface area contributed by atoms with Crippen LogP contribution < -0.4 is 0 Å². The molecule has 0 aliphatic heterocycles. The molecule has 2 rings (SSSR count). The molecule has 18 heavy (non-hydrogen) atoms. The van der Waals surface area contributed by atoms with Crippen molar-refractivity contribution in [1.29, 1.82) is 0 Å². The average molecular weight is 246 g/mol. The van der Waals surface area contributed by atoms with Crippen LogP contribution in [0, 0.1) is 5.92 Å². The van der Waals surface area contributed by atoms with E-state index in [1.54, 1.807) is 0 Å². The van der Waals surface area contributed by atoms with Crippen molar-refractivity contribution in [3.05, 3.63) is 34.4 Å². The van der Waals surface area contributed by atoms with Crippen molar-refractivity contribution in [2.75, 3.05) is 7.11 Å². The van der Waals surface area contributed by atoms with Gasteiger partial charge in [0.2, 0.25) is 0 Å². The van der Waals surface area contributed by atoms with Crippen LogP contribution in [0.5, 0.6) is 0 Å². The fraction of sp³-hybridized carbons (Fsp3) is 0.467. The smallest absolute Gasteiger partial charge is 0.310 e. The molecule has 0 heterocycles. The number of hydrogen-bond donors (Lipinski definition) is 0. The summed E-state index contributed by atoms with van der Waals surface area (Å²) in [4.78, 5) is 22.4. The number of aldehydes is 1. The Hall–Kier alpha value is -1.64. The largest absolute Gasteiger partial charge is 0.469 e. The van der Waals surface area contributed by atoms with Gasteiger partial charge in [0.25, 0.3) is 0 Å². The van der Waals surface area contributed by atoms with Gasteiger partial charge in [0.1, 0.15) is 6.29 Å². The number of carbonyl (C=O) groups excluding carboxylic acids is 2. The Morgan fingerprint density at radius 2 is 2.06 bits per heavy atom. The van der Waals surface area contributed by atoms with Crippen molar-refractivity contribution >= 4 is 12.3 Å². The molecule has 0 spiro atoms. The summed E-state index contributed by atoms with van der Waals surface area (Å²) in [7, 11) is 1.36. The molecule has 3 nitrogen and oxygen atoms in total. The van der Waals surface area contributed by atoms with E-state index < -0.39 is 0 Å². The van der Waals surface area contributed by atoms with Crippen molar-refractivity contribution in [2.45, 2.75) is 32.6 Å². The molecule has 0 amide bonds. The van der Waals surface area contributed by atoms with Crippen LogP contribution in [0.3, 0.4) is 0 Å². The van der Waals surface area contributed by atoms with Gasteiger partial charge in [-0.15, -0.1) is 0 Å². The van der Waals surface area contributed by atoms with Crippen molar-refractivity contribution in [1.82, 2.24) is 0 Å². The number of esters is 1. The van der Waals surface area contributed by atoms with Gasteiger partial charge in [-0.05, 0) is 41.5 Å². The van der Waals surface area contributed by atoms with Gasteiger partial charge in [0.05, 0.1) is 13.5 Å². The van der Waals surface area contributed by atoms with Gasteiger partial charge < -0.3 is 4.74 Å². The van der Waals surface area contributed by atoms with Crippen molar-refractivity contribution in [3.8, 4) is 0 Å². The molecule has 1 atom stereocenters. The Morgan fingerprint density at radius 1 is 1.39 bits per heavy atom. The molecule has 3 heteroatoms. The highest BCUT2D eigenvalue weighted by molar-refractivity contribution is 5.82. The molecule has 0 fully saturated rings. The molecule has 0 radical (unpaired) electrons. The molecule has 0 saturated heterocycles. The van der Waals surface area contributed by atoms with Gasteiger partial charge in [-0.1, -0.05) is 19.4 Å². The van der Waals surface area contributed by atoms with E-state index in [1.807, 2.05) is 12.1 Å². The van der Waals surface area contributed by atoms with Crippen molar-refractivity contribution in [3.63, 3.8) is 0 Å². The zero-order chi connectivity index (χ0) is 13.1. The normalized spacial score (nSPS) is 17.3. The SMILES string of the molecule is CCC1Cc2cc(C=O)c(CC(=O)OC)cc2C1. The molecule has 0 aromatic heterocycles. The molecule has 1 aromatic carbocycles. The minimum Gasteiger partial charge on any atom is -0.469 e. The lowest BCUT2D eigenvalue weighted by atomic mass is 9.99. The molecule has 96 valence electrons. The highest BCUT2D eigenvalue weighted by atomic mass is 16.5. The Kier molecular flexibility index (Phi) is 3.80. The van der Waals surface area contributed by atoms with Crippen LogP contribution in [0.2, 0.25) is 0 Å². The fourth-order valence-corrected chi connectivity index (χ4v) is 2.61. The second-order valence-electron chi connectivity index (χ2n) is 4.87. The molecule has 1 aliphatic carbocycles. The van der Waals surface area contributed by atoms with Crippen LogP contribution in [0.4, 0.5) is 0 Å². The van der Waals surface area contributed by atoms with Gasteiger partial charge in [0, 0.05) is 5.56 Å². The lowest BCUT2D eigenvalue weighted by Gasteiger charge is -2.07. The summed E-state index contributed by atoms with van der Waals surface area (Å²) in [5.74, 6) is 0.371. The summed E-state index contributed by atoms with van der Waals surface area (Å²) in [5.41, 5.74) is 3.95. The molecular formula is C15H18O3. The van der Waals surface area contributed by atoms with Crippen LogP contribution in [0.1, 0.15) is 40.4 Å². The number of fused-ring (bicyclic) bond motifs is 1. The van der Waals surface area contributed by atoms with Gasteiger partial charge in [-0.25, -0.2) is 0 Å². The van der Waals surface area contributed by atoms with Crippen LogP contribution in [-0.4, -0.2) is 19.4 Å². The summed E-state index contributed by atoms with van der Waals surface area (Å²) in [5, 5.41) is 0. The first-order valence-corrected chi connectivity index (χ1v) is 6.34. The monoisotopic (exact) mass is 246 g/mol. The number of hydrogen-bond acceptors (Lipinski definition) is 3. The van der Waals surface area contributed by atoms with E-state index in [4.69, 9.17) is 0 Å². The van der Waals surface area contributed by atoms with E-state index in [2.05, 4.69) is 11.7 Å². The second-order valence-corrected chi connectivity index (χ2v) is 4.87. The van der Waals surface area contributed by atoms with Crippen LogP contribution in [0.25, 0.3) is 0 Å². The summed E-state index contributed by atoms with van der Waals surface area (Å²) >= 11 is 0. The van der Waals surface area contributed by atoms with E-state index in [9.17, 15) is 9.59 Å². The Morgan fingerprint density at radius 3 is 2.61 bits per heavy atom. The molecule has 0 saturated carbocycles. The van der Waals surface area contributed by atoms with Crippen molar-refractivity contribution < 1.29 is 14.3 Å². The van der Waals surface area contributed by atoms with Gasteiger partial charge in [-0.2, -0.15) is 0 Å². The molecule has 1 aromatic rings. The van der Waals surface area contributed by atoms with Gasteiger partial charge in [-0.3, -0.25) is 9.59 Å². The topological polar surface area (TPSA) is 43.4 Å². The molecule has 1 aliphatic rings. The lowest BCUT2D eigenvalue weighted by Crippen LogP contribution is -2.07. The zero-order valence-corrected chi connectivity index (χ0v) is 10.9. The summed E-state index contributed by atoms with van der Waals surface area (Å²) in [6, 6.07) is 3.95. The van der Waals surface area contributed by atoms with E-state index in [-0.39, 0.29) is 12.4 Å². The van der Waals surface area contributed by atoms with Crippen LogP contribution >= 0.6 is 0 Å². The number of rotatable bonds is 4. The van der Waals surface area contributed by atoms with E-state index in [1.165, 1.54) is 18.2 Å². The first-order valence-electron chi connectivity index (χ1n) is 6.34. The Balaban J connectivity index is 2.31. The molecule has 0 bridgehead atoms. The van der Waals surface area contributed by atoms with Gasteiger partial charge in [0.15, 0.2) is 0 Å². The third-order valence-corrected chi connectivity index (χ3v) is 3.75.